The maximum absolute atomic E-state index is 12.1. The van der Waals surface area contributed by atoms with Crippen LogP contribution in [0, 0.1) is 5.41 Å². The highest BCUT2D eigenvalue weighted by molar-refractivity contribution is 5.91. The molecule has 0 spiro atoms. The van der Waals surface area contributed by atoms with Crippen LogP contribution in [0.2, 0.25) is 0 Å². The second-order valence-electron chi connectivity index (χ2n) is 6.19. The molecule has 0 saturated heterocycles. The number of aromatic nitrogens is 1. The molecule has 0 bridgehead atoms. The first-order valence-electron chi connectivity index (χ1n) is 7.59. The Hall–Kier alpha value is -1.81. The predicted octanol–water partition coefficient (Wildman–Crippen LogP) is 2.50. The number of hydrogen-bond acceptors (Lipinski definition) is 3. The molecule has 2 N–H and O–H groups in total. The molecule has 0 atom stereocenters. The summed E-state index contributed by atoms with van der Waals surface area (Å²) >= 11 is 0. The lowest BCUT2D eigenvalue weighted by molar-refractivity contribution is 0.142. The number of aryl methyl sites for hydroxylation is 1. The topological polar surface area (TPSA) is 54.3 Å². The third-order valence-corrected chi connectivity index (χ3v) is 4.81. The zero-order chi connectivity index (χ0) is 14.9. The number of hydrogen-bond donors (Lipinski definition) is 2. The van der Waals surface area contributed by atoms with Crippen molar-refractivity contribution in [2.45, 2.75) is 25.7 Å². The number of anilines is 1. The number of benzene rings is 1. The molecule has 1 fully saturated rings. The Morgan fingerprint density at radius 2 is 2.00 bits per heavy atom. The van der Waals surface area contributed by atoms with E-state index in [1.165, 1.54) is 12.8 Å². The monoisotopic (exact) mass is 286 g/mol. The molecule has 112 valence electrons. The largest absolute Gasteiger partial charge is 0.396 e. The molecule has 1 saturated carbocycles. The molecule has 0 radical (unpaired) electrons. The number of aliphatic hydroxyl groups is 1. The van der Waals surface area contributed by atoms with Crippen LogP contribution in [0.3, 0.4) is 0 Å². The maximum atomic E-state index is 12.1. The molecule has 0 aliphatic heterocycles. The van der Waals surface area contributed by atoms with Crippen molar-refractivity contribution in [1.29, 1.82) is 0 Å². The summed E-state index contributed by atoms with van der Waals surface area (Å²) < 4.78 is 1.66. The van der Waals surface area contributed by atoms with Crippen LogP contribution < -0.4 is 10.9 Å². The molecule has 4 heteroatoms. The van der Waals surface area contributed by atoms with Gasteiger partial charge >= 0.3 is 0 Å². The fraction of sp³-hybridized carbons (Fsp3) is 0.471. The third-order valence-electron chi connectivity index (χ3n) is 4.81. The van der Waals surface area contributed by atoms with Gasteiger partial charge in [0.1, 0.15) is 0 Å². The van der Waals surface area contributed by atoms with Crippen molar-refractivity contribution in [2.24, 2.45) is 12.5 Å². The Labute approximate surface area is 124 Å². The molecular weight excluding hydrogens is 264 g/mol. The second-order valence-corrected chi connectivity index (χ2v) is 6.19. The van der Waals surface area contributed by atoms with Crippen LogP contribution in [0.25, 0.3) is 10.9 Å². The first kappa shape index (κ1) is 14.1. The highest BCUT2D eigenvalue weighted by atomic mass is 16.3. The van der Waals surface area contributed by atoms with E-state index in [2.05, 4.69) is 5.32 Å². The van der Waals surface area contributed by atoms with Crippen molar-refractivity contribution in [2.75, 3.05) is 18.5 Å². The van der Waals surface area contributed by atoms with Crippen LogP contribution in [0.4, 0.5) is 5.69 Å². The zero-order valence-corrected chi connectivity index (χ0v) is 12.4. The van der Waals surface area contributed by atoms with E-state index in [0.717, 1.165) is 36.0 Å². The standard InChI is InChI=1S/C17H22N2O2/c1-19-15-7-3-2-6-13(15)14(10-16(19)21)18-11-17(12-20)8-4-5-9-17/h2-3,6-7,10,18,20H,4-5,8-9,11-12H2,1H3. The molecule has 0 unspecified atom stereocenters. The van der Waals surface area contributed by atoms with Gasteiger partial charge in [-0.15, -0.1) is 0 Å². The molecule has 1 heterocycles. The number of pyridine rings is 1. The van der Waals surface area contributed by atoms with Gasteiger partial charge in [-0.05, 0) is 18.9 Å². The van der Waals surface area contributed by atoms with Gasteiger partial charge in [0.2, 0.25) is 0 Å². The summed E-state index contributed by atoms with van der Waals surface area (Å²) in [4.78, 5) is 12.1. The number of fused-ring (bicyclic) bond motifs is 1. The lowest BCUT2D eigenvalue weighted by atomic mass is 9.87. The molecule has 21 heavy (non-hydrogen) atoms. The number of nitrogens with one attached hydrogen (secondary N) is 1. The van der Waals surface area contributed by atoms with Gasteiger partial charge in [-0.25, -0.2) is 0 Å². The molecular formula is C17H22N2O2. The van der Waals surface area contributed by atoms with Crippen LogP contribution in [0.5, 0.6) is 0 Å². The Morgan fingerprint density at radius 1 is 1.29 bits per heavy atom. The van der Waals surface area contributed by atoms with Crippen molar-refractivity contribution in [3.05, 3.63) is 40.7 Å². The van der Waals surface area contributed by atoms with Gasteiger partial charge in [0, 0.05) is 36.1 Å². The van der Waals surface area contributed by atoms with E-state index in [-0.39, 0.29) is 17.6 Å². The van der Waals surface area contributed by atoms with Crippen molar-refractivity contribution in [3.63, 3.8) is 0 Å². The SMILES string of the molecule is Cn1c(=O)cc(NCC2(CO)CCCC2)c2ccccc21. The van der Waals surface area contributed by atoms with Gasteiger partial charge in [-0.2, -0.15) is 0 Å². The lowest BCUT2D eigenvalue weighted by Gasteiger charge is -2.27. The Balaban J connectivity index is 1.94. The summed E-state index contributed by atoms with van der Waals surface area (Å²) in [7, 11) is 1.79. The Kier molecular flexibility index (Phi) is 3.72. The maximum Gasteiger partial charge on any atom is 0.252 e. The number of para-hydroxylation sites is 1. The average molecular weight is 286 g/mol. The minimum Gasteiger partial charge on any atom is -0.396 e. The quantitative estimate of drug-likeness (QED) is 0.908. The second kappa shape index (κ2) is 5.53. The minimum absolute atomic E-state index is 0.0133. The molecule has 1 aromatic heterocycles. The van der Waals surface area contributed by atoms with E-state index in [9.17, 15) is 9.90 Å². The van der Waals surface area contributed by atoms with Crippen molar-refractivity contribution in [3.8, 4) is 0 Å². The van der Waals surface area contributed by atoms with Gasteiger partial charge in [0.25, 0.3) is 5.56 Å². The number of rotatable bonds is 4. The smallest absolute Gasteiger partial charge is 0.252 e. The summed E-state index contributed by atoms with van der Waals surface area (Å²) in [6.45, 7) is 0.934. The summed E-state index contributed by atoms with van der Waals surface area (Å²) in [5.41, 5.74) is 1.76. The van der Waals surface area contributed by atoms with Gasteiger partial charge in [-0.3, -0.25) is 4.79 Å². The first-order chi connectivity index (χ1) is 10.2. The van der Waals surface area contributed by atoms with Crippen LogP contribution in [0.1, 0.15) is 25.7 Å². The van der Waals surface area contributed by atoms with Crippen LogP contribution in [0.15, 0.2) is 35.1 Å². The van der Waals surface area contributed by atoms with E-state index in [4.69, 9.17) is 0 Å². The van der Waals surface area contributed by atoms with E-state index < -0.39 is 0 Å². The molecule has 3 rings (SSSR count). The number of aliphatic hydroxyl groups excluding tert-OH is 1. The predicted molar refractivity (Wildman–Crippen MR) is 85.7 cm³/mol. The van der Waals surface area contributed by atoms with E-state index in [1.807, 2.05) is 24.3 Å². The van der Waals surface area contributed by atoms with Gasteiger partial charge in [-0.1, -0.05) is 31.0 Å². The number of nitrogens with zero attached hydrogens (tertiary/aromatic N) is 1. The van der Waals surface area contributed by atoms with Crippen LogP contribution >= 0.6 is 0 Å². The van der Waals surface area contributed by atoms with E-state index >= 15 is 0 Å². The van der Waals surface area contributed by atoms with Gasteiger partial charge in [0.05, 0.1) is 12.1 Å². The van der Waals surface area contributed by atoms with Gasteiger partial charge in [0.15, 0.2) is 0 Å². The van der Waals surface area contributed by atoms with Crippen molar-refractivity contribution in [1.82, 2.24) is 4.57 Å². The van der Waals surface area contributed by atoms with Crippen LogP contribution in [-0.2, 0) is 7.05 Å². The summed E-state index contributed by atoms with van der Waals surface area (Å²) in [5, 5.41) is 14.2. The summed E-state index contributed by atoms with van der Waals surface area (Å²) in [6.07, 6.45) is 4.47. The van der Waals surface area contributed by atoms with Gasteiger partial charge < -0.3 is 15.0 Å². The average Bonchev–Trinajstić information content (AvgIpc) is 2.99. The Bertz CT molecular complexity index is 699. The lowest BCUT2D eigenvalue weighted by Crippen LogP contribution is -2.31. The van der Waals surface area contributed by atoms with E-state index in [1.54, 1.807) is 17.7 Å². The fourth-order valence-electron chi connectivity index (χ4n) is 3.36. The Morgan fingerprint density at radius 3 is 2.71 bits per heavy atom. The third kappa shape index (κ3) is 2.56. The van der Waals surface area contributed by atoms with Crippen molar-refractivity contribution < 1.29 is 5.11 Å². The molecule has 1 aliphatic rings. The van der Waals surface area contributed by atoms with E-state index in [0.29, 0.717) is 0 Å². The normalized spacial score (nSPS) is 17.2. The summed E-state index contributed by atoms with van der Waals surface area (Å²) in [5.74, 6) is 0. The first-order valence-corrected chi connectivity index (χ1v) is 7.59. The zero-order valence-electron chi connectivity index (χ0n) is 12.4. The molecule has 0 amide bonds. The molecule has 2 aromatic rings. The molecule has 4 nitrogen and oxygen atoms in total. The fourth-order valence-corrected chi connectivity index (χ4v) is 3.36. The highest BCUT2D eigenvalue weighted by Gasteiger charge is 2.33. The highest BCUT2D eigenvalue weighted by Crippen LogP contribution is 2.38. The van der Waals surface area contributed by atoms with Crippen LogP contribution in [-0.4, -0.2) is 22.8 Å². The molecule has 1 aromatic carbocycles. The minimum atomic E-state index is -0.0256. The van der Waals surface area contributed by atoms with Crippen molar-refractivity contribution >= 4 is 16.6 Å². The molecule has 1 aliphatic carbocycles. The summed E-state index contributed by atoms with van der Waals surface area (Å²) in [6, 6.07) is 9.56.